The number of hydrogen-bond acceptors (Lipinski definition) is 3. The molecule has 0 radical (unpaired) electrons. The summed E-state index contributed by atoms with van der Waals surface area (Å²) in [6, 6.07) is 24.4. The third-order valence-corrected chi connectivity index (χ3v) is 5.49. The Bertz CT molecular complexity index is 1130. The fraction of sp³-hybridized carbons (Fsp3) is 0.200. The highest BCUT2D eigenvalue weighted by atomic mass is 16.5. The van der Waals surface area contributed by atoms with Gasteiger partial charge in [-0.2, -0.15) is 0 Å². The Labute approximate surface area is 170 Å². The molecule has 2 heterocycles. The number of fused-ring (bicyclic) bond motifs is 1. The van der Waals surface area contributed by atoms with Gasteiger partial charge < -0.3 is 4.74 Å². The number of pyridine rings is 1. The van der Waals surface area contributed by atoms with Gasteiger partial charge in [0.05, 0.1) is 24.2 Å². The quantitative estimate of drug-likeness (QED) is 0.437. The van der Waals surface area contributed by atoms with Gasteiger partial charge in [-0.1, -0.05) is 60.7 Å². The minimum atomic E-state index is -0.725. The molecule has 0 amide bonds. The topological polar surface area (TPSA) is 43.6 Å². The van der Waals surface area contributed by atoms with Gasteiger partial charge in [0.25, 0.3) is 0 Å². The second-order valence-electron chi connectivity index (χ2n) is 7.76. The number of carbonyl (C=O) groups excluding carboxylic acids is 1. The Morgan fingerprint density at radius 2 is 1.62 bits per heavy atom. The van der Waals surface area contributed by atoms with Crippen LogP contribution in [-0.4, -0.2) is 22.5 Å². The van der Waals surface area contributed by atoms with Crippen molar-refractivity contribution < 1.29 is 9.53 Å². The first-order valence-electron chi connectivity index (χ1n) is 9.68. The van der Waals surface area contributed by atoms with Crippen LogP contribution in [0.4, 0.5) is 0 Å². The molecule has 29 heavy (non-hydrogen) atoms. The molecule has 0 aliphatic rings. The zero-order valence-corrected chi connectivity index (χ0v) is 16.9. The summed E-state index contributed by atoms with van der Waals surface area (Å²) in [6.07, 6.45) is 3.91. The Hall–Kier alpha value is -3.40. The minimum absolute atomic E-state index is 0.142. The van der Waals surface area contributed by atoms with Crippen molar-refractivity contribution in [3.63, 3.8) is 0 Å². The van der Waals surface area contributed by atoms with Crippen LogP contribution in [0.3, 0.4) is 0 Å². The van der Waals surface area contributed by atoms with Crippen molar-refractivity contribution in [3.8, 4) is 11.4 Å². The summed E-state index contributed by atoms with van der Waals surface area (Å²) in [6.45, 7) is 3.87. The van der Waals surface area contributed by atoms with Gasteiger partial charge in [-0.25, -0.2) is 4.98 Å². The molecule has 4 rings (SSSR count). The molecule has 4 aromatic rings. The van der Waals surface area contributed by atoms with Crippen LogP contribution in [-0.2, 0) is 9.53 Å². The predicted octanol–water partition coefficient (Wildman–Crippen LogP) is 5.33. The molecule has 0 bridgehead atoms. The lowest BCUT2D eigenvalue weighted by atomic mass is 9.71. The molecule has 4 heteroatoms. The van der Waals surface area contributed by atoms with Gasteiger partial charge in [-0.05, 0) is 37.1 Å². The Morgan fingerprint density at radius 3 is 2.28 bits per heavy atom. The van der Waals surface area contributed by atoms with Gasteiger partial charge in [-0.3, -0.25) is 9.20 Å². The van der Waals surface area contributed by atoms with E-state index in [-0.39, 0.29) is 11.9 Å². The number of methoxy groups -OCH3 is 1. The highest BCUT2D eigenvalue weighted by molar-refractivity contribution is 5.78. The first kappa shape index (κ1) is 18.9. The van der Waals surface area contributed by atoms with Gasteiger partial charge in [0.2, 0.25) is 0 Å². The van der Waals surface area contributed by atoms with E-state index in [0.29, 0.717) is 0 Å². The van der Waals surface area contributed by atoms with Gasteiger partial charge in [0, 0.05) is 17.7 Å². The molecule has 4 nitrogen and oxygen atoms in total. The molecule has 146 valence electrons. The number of aromatic nitrogens is 2. The molecule has 2 aromatic heterocycles. The first-order chi connectivity index (χ1) is 14.0. The third-order valence-electron chi connectivity index (χ3n) is 5.49. The van der Waals surface area contributed by atoms with Crippen LogP contribution in [0.15, 0.2) is 85.2 Å². The average Bonchev–Trinajstić information content (AvgIpc) is 3.18. The van der Waals surface area contributed by atoms with E-state index in [1.165, 1.54) is 7.11 Å². The third kappa shape index (κ3) is 3.42. The van der Waals surface area contributed by atoms with Gasteiger partial charge in [0.15, 0.2) is 0 Å². The van der Waals surface area contributed by atoms with E-state index in [4.69, 9.17) is 4.74 Å². The molecule has 0 N–H and O–H groups in total. The van der Waals surface area contributed by atoms with Crippen LogP contribution in [0.1, 0.15) is 30.9 Å². The van der Waals surface area contributed by atoms with Crippen LogP contribution in [0, 0.1) is 5.41 Å². The maximum Gasteiger partial charge on any atom is 0.312 e. The maximum absolute atomic E-state index is 12.6. The predicted molar refractivity (Wildman–Crippen MR) is 115 cm³/mol. The number of rotatable bonds is 5. The molecule has 1 atom stereocenters. The summed E-state index contributed by atoms with van der Waals surface area (Å²) in [5.74, 6) is 0.525. The SMILES string of the molecule is COC(=O)C(C)(C)C(c1ccccc1)c1ccn2c(-c3ccccc3)ncc2c1. The summed E-state index contributed by atoms with van der Waals surface area (Å²) < 4.78 is 7.21. The number of carbonyl (C=O) groups is 1. The number of imidazole rings is 1. The minimum Gasteiger partial charge on any atom is -0.469 e. The zero-order chi connectivity index (χ0) is 20.4. The van der Waals surface area contributed by atoms with E-state index in [0.717, 1.165) is 28.0 Å². The first-order valence-corrected chi connectivity index (χ1v) is 9.68. The van der Waals surface area contributed by atoms with E-state index in [2.05, 4.69) is 45.8 Å². The molecular formula is C25H24N2O2. The van der Waals surface area contributed by atoms with E-state index in [1.807, 2.05) is 62.6 Å². The second-order valence-corrected chi connectivity index (χ2v) is 7.76. The van der Waals surface area contributed by atoms with Crippen LogP contribution >= 0.6 is 0 Å². The molecule has 0 spiro atoms. The average molecular weight is 384 g/mol. The van der Waals surface area contributed by atoms with Crippen molar-refractivity contribution in [1.82, 2.24) is 9.38 Å². The van der Waals surface area contributed by atoms with Crippen molar-refractivity contribution in [2.75, 3.05) is 7.11 Å². The van der Waals surface area contributed by atoms with E-state index < -0.39 is 5.41 Å². The summed E-state index contributed by atoms with van der Waals surface area (Å²) >= 11 is 0. The molecule has 2 aromatic carbocycles. The molecule has 0 saturated carbocycles. The highest BCUT2D eigenvalue weighted by Crippen LogP contribution is 2.42. The Morgan fingerprint density at radius 1 is 0.966 bits per heavy atom. The van der Waals surface area contributed by atoms with Gasteiger partial charge >= 0.3 is 5.97 Å². The summed E-state index contributed by atoms with van der Waals surface area (Å²) in [5, 5.41) is 0. The van der Waals surface area contributed by atoms with Crippen LogP contribution in [0.25, 0.3) is 16.9 Å². The van der Waals surface area contributed by atoms with Crippen LogP contribution in [0.5, 0.6) is 0 Å². The molecule has 0 fully saturated rings. The number of esters is 1. The number of ether oxygens (including phenoxy) is 1. The maximum atomic E-state index is 12.6. The van der Waals surface area contributed by atoms with Crippen LogP contribution in [0.2, 0.25) is 0 Å². The monoisotopic (exact) mass is 384 g/mol. The molecule has 0 aliphatic carbocycles. The van der Waals surface area contributed by atoms with Crippen molar-refractivity contribution in [3.05, 3.63) is 96.3 Å². The normalized spacial score (nSPS) is 12.7. The zero-order valence-electron chi connectivity index (χ0n) is 16.9. The number of nitrogens with zero attached hydrogens (tertiary/aromatic N) is 2. The van der Waals surface area contributed by atoms with Gasteiger partial charge in [0.1, 0.15) is 5.82 Å². The molecule has 1 unspecified atom stereocenters. The smallest absolute Gasteiger partial charge is 0.312 e. The Balaban J connectivity index is 1.84. The molecule has 0 saturated heterocycles. The Kier molecular flexibility index (Phi) is 4.93. The van der Waals surface area contributed by atoms with E-state index in [9.17, 15) is 4.79 Å². The fourth-order valence-electron chi connectivity index (χ4n) is 4.05. The van der Waals surface area contributed by atoms with E-state index >= 15 is 0 Å². The molecular weight excluding hydrogens is 360 g/mol. The lowest BCUT2D eigenvalue weighted by Crippen LogP contribution is -2.33. The van der Waals surface area contributed by atoms with Crippen molar-refractivity contribution in [2.45, 2.75) is 19.8 Å². The fourth-order valence-corrected chi connectivity index (χ4v) is 4.05. The lowest BCUT2D eigenvalue weighted by molar-refractivity contribution is -0.151. The summed E-state index contributed by atoms with van der Waals surface area (Å²) in [4.78, 5) is 17.3. The molecule has 0 aliphatic heterocycles. The highest BCUT2D eigenvalue weighted by Gasteiger charge is 2.40. The van der Waals surface area contributed by atoms with E-state index in [1.54, 1.807) is 0 Å². The van der Waals surface area contributed by atoms with Crippen molar-refractivity contribution >= 4 is 11.5 Å². The lowest BCUT2D eigenvalue weighted by Gasteiger charge is -2.32. The summed E-state index contributed by atoms with van der Waals surface area (Å²) in [5.41, 5.74) is 3.46. The van der Waals surface area contributed by atoms with Crippen LogP contribution < -0.4 is 0 Å². The second kappa shape index (κ2) is 7.55. The standard InChI is InChI=1S/C25H24N2O2/c1-25(2,24(28)29-3)22(18-10-6-4-7-11-18)20-14-15-27-21(16-20)17-26-23(27)19-12-8-5-9-13-19/h4-17,22H,1-3H3. The largest absolute Gasteiger partial charge is 0.469 e. The number of hydrogen-bond donors (Lipinski definition) is 0. The van der Waals surface area contributed by atoms with Crippen molar-refractivity contribution in [1.29, 1.82) is 0 Å². The summed E-state index contributed by atoms with van der Waals surface area (Å²) in [7, 11) is 1.44. The van der Waals surface area contributed by atoms with Crippen molar-refractivity contribution in [2.24, 2.45) is 5.41 Å². The van der Waals surface area contributed by atoms with Gasteiger partial charge in [-0.15, -0.1) is 0 Å². The number of benzene rings is 2.